The summed E-state index contributed by atoms with van der Waals surface area (Å²) in [5.41, 5.74) is 4.69. The average molecular weight is 1340 g/mol. The smallest absolute Gasteiger partial charge is 0.128 e. The highest BCUT2D eigenvalue weighted by atomic mass is 16.5. The summed E-state index contributed by atoms with van der Waals surface area (Å²) in [4.78, 5) is 0. The molecule has 8 N–H and O–H groups in total. The predicted molar refractivity (Wildman–Crippen MR) is 395 cm³/mol. The van der Waals surface area contributed by atoms with E-state index in [2.05, 4.69) is 27.7 Å². The number of hydrogen-bond acceptors (Lipinski definition) is 12. The highest BCUT2D eigenvalue weighted by Crippen LogP contribution is 2.56. The summed E-state index contributed by atoms with van der Waals surface area (Å²) in [5.74, 6) is -3.98. The average Bonchev–Trinajstić information content (AvgIpc) is 0.745. The Hall–Kier alpha value is -4.88. The minimum atomic E-state index is -0.709. The van der Waals surface area contributed by atoms with Crippen molar-refractivity contribution in [2.24, 2.45) is 0 Å². The lowest BCUT2D eigenvalue weighted by Gasteiger charge is -2.32. The Labute approximate surface area is 582 Å². The predicted octanol–water partition coefficient (Wildman–Crippen LogP) is 24.0. The second kappa shape index (κ2) is 47.2. The van der Waals surface area contributed by atoms with Crippen molar-refractivity contribution in [3.05, 3.63) is 91.0 Å². The van der Waals surface area contributed by atoms with Crippen molar-refractivity contribution in [1.29, 1.82) is 0 Å². The maximum absolute atomic E-state index is 13.2. The van der Waals surface area contributed by atoms with Gasteiger partial charge in [-0.15, -0.1) is 0 Å². The monoisotopic (exact) mass is 1340 g/mol. The zero-order chi connectivity index (χ0) is 69.5. The van der Waals surface area contributed by atoms with Gasteiger partial charge in [0.15, 0.2) is 0 Å². The van der Waals surface area contributed by atoms with Gasteiger partial charge in [-0.25, -0.2) is 0 Å². The van der Waals surface area contributed by atoms with Gasteiger partial charge >= 0.3 is 0 Å². The van der Waals surface area contributed by atoms with Crippen LogP contribution in [-0.2, 0) is 45.4 Å². The highest BCUT2D eigenvalue weighted by molar-refractivity contribution is 5.67. The molecule has 0 radical (unpaired) electrons. The van der Waals surface area contributed by atoms with Crippen molar-refractivity contribution in [3.63, 3.8) is 0 Å². The van der Waals surface area contributed by atoms with Gasteiger partial charge in [0.1, 0.15) is 46.0 Å². The fraction of sp³-hybridized carbons (Fsp3) is 0.714. The van der Waals surface area contributed by atoms with Gasteiger partial charge in [-0.05, 0) is 77.6 Å². The third kappa shape index (κ3) is 24.8. The molecule has 0 amide bonds. The van der Waals surface area contributed by atoms with Crippen LogP contribution in [0, 0.1) is 0 Å². The summed E-state index contributed by atoms with van der Waals surface area (Å²) in [5, 5.41) is 105. The molecule has 0 aromatic heterocycles. The van der Waals surface area contributed by atoms with Gasteiger partial charge < -0.3 is 59.8 Å². The lowest BCUT2D eigenvalue weighted by molar-refractivity contribution is 0.129. The van der Waals surface area contributed by atoms with Gasteiger partial charge in [0.2, 0.25) is 0 Å². The molecule has 0 aliphatic heterocycles. The van der Waals surface area contributed by atoms with Crippen molar-refractivity contribution in [3.8, 4) is 46.0 Å². The van der Waals surface area contributed by atoms with E-state index in [1.165, 1.54) is 103 Å². The number of hydrogen-bond donors (Lipinski definition) is 8. The molecule has 0 heterocycles. The first kappa shape index (κ1) is 81.8. The zero-order valence-electron chi connectivity index (χ0n) is 61.8. The van der Waals surface area contributed by atoms with Gasteiger partial charge in [0.05, 0.1) is 48.7 Å². The fourth-order valence-electron chi connectivity index (χ4n) is 15.1. The van der Waals surface area contributed by atoms with Gasteiger partial charge in [0.25, 0.3) is 0 Å². The van der Waals surface area contributed by atoms with E-state index in [1.54, 1.807) is 0 Å². The Morgan fingerprint density at radius 2 is 0.344 bits per heavy atom. The summed E-state index contributed by atoms with van der Waals surface area (Å²) in [6.45, 7) is 17.2. The molecule has 0 saturated heterocycles. The Bertz CT molecular complexity index is 2300. The number of unbranched alkanes of at least 4 members (excludes halogenated alkanes) is 32. The molecule has 12 heteroatoms. The molecule has 0 atom stereocenters. The van der Waals surface area contributed by atoms with E-state index in [1.807, 2.05) is 52.0 Å². The van der Waals surface area contributed by atoms with Gasteiger partial charge in [0, 0.05) is 94.6 Å². The number of aromatic hydroxyl groups is 8. The molecular weight excluding hydrogens is 1200 g/mol. The first-order valence-corrected chi connectivity index (χ1v) is 39.4. The Balaban J connectivity index is 1.98. The van der Waals surface area contributed by atoms with Crippen LogP contribution in [0.3, 0.4) is 0 Å². The first-order valence-electron chi connectivity index (χ1n) is 39.4. The Kier molecular flexibility index (Phi) is 40.2. The Morgan fingerprint density at radius 3 is 0.479 bits per heavy atom. The minimum absolute atomic E-state index is 0.117. The summed E-state index contributed by atoms with van der Waals surface area (Å²) in [6.07, 6.45) is 41.0. The second-order valence-electron chi connectivity index (χ2n) is 28.2. The first-order chi connectivity index (χ1) is 46.8. The second-order valence-corrected chi connectivity index (χ2v) is 28.2. The molecule has 1 aliphatic carbocycles. The summed E-state index contributed by atoms with van der Waals surface area (Å²) < 4.78 is 24.7. The number of benzene rings is 4. The molecule has 1 aliphatic rings. The number of phenols is 8. The lowest BCUT2D eigenvalue weighted by atomic mass is 9.74. The third-order valence-corrected chi connectivity index (χ3v) is 20.9. The standard InChI is InChI=1S/C84H136O12/c1-9-17-21-25-29-33-37-41-45-49-61-65-53-67(79(87)73(77(65)85)57-93-13-5)62(50-46-42-38-34-30-26-22-18-10-2)69-55-71(83(91)75(81(69)89)59-95-15-7)64(52-48-44-40-36-32-28-24-20-12-4)72-56-70(82(90)76(84(72)92)60-96-16-8)63(51-47-43-39-35-31-27-23-19-11-3)68-54-66(61)78(86)74(80(68)88)58-94-14-6/h53-56,61-64,85-92H,9-52,57-60H2,1-8H3. The van der Waals surface area contributed by atoms with Crippen molar-refractivity contribution in [1.82, 2.24) is 0 Å². The molecule has 4 aromatic carbocycles. The molecule has 0 unspecified atom stereocenters. The van der Waals surface area contributed by atoms with Gasteiger partial charge in [-0.1, -0.05) is 259 Å². The molecule has 8 bridgehead atoms. The number of rotatable bonds is 52. The largest absolute Gasteiger partial charge is 0.507 e. The number of phenolic OH excluding ortho intramolecular Hbond substituents is 8. The van der Waals surface area contributed by atoms with E-state index < -0.39 is 23.7 Å². The van der Waals surface area contributed by atoms with Crippen LogP contribution >= 0.6 is 0 Å². The lowest BCUT2D eigenvalue weighted by Crippen LogP contribution is -2.15. The van der Waals surface area contributed by atoms with Crippen molar-refractivity contribution in [2.75, 3.05) is 26.4 Å². The zero-order valence-corrected chi connectivity index (χ0v) is 61.8. The molecule has 0 saturated carbocycles. The number of fused-ring (bicyclic) bond motifs is 8. The van der Waals surface area contributed by atoms with E-state index in [9.17, 15) is 40.9 Å². The van der Waals surface area contributed by atoms with E-state index in [0.717, 1.165) is 128 Å². The molecule has 12 nitrogen and oxygen atoms in total. The molecule has 96 heavy (non-hydrogen) atoms. The van der Waals surface area contributed by atoms with Gasteiger partial charge in [-0.3, -0.25) is 0 Å². The van der Waals surface area contributed by atoms with Crippen LogP contribution in [0.1, 0.15) is 403 Å². The van der Waals surface area contributed by atoms with Crippen LogP contribution in [0.5, 0.6) is 46.0 Å². The quantitative estimate of drug-likeness (QED) is 0.0195. The summed E-state index contributed by atoms with van der Waals surface area (Å²) in [7, 11) is 0. The minimum Gasteiger partial charge on any atom is -0.507 e. The van der Waals surface area contributed by atoms with Crippen molar-refractivity contribution < 1.29 is 59.8 Å². The maximum atomic E-state index is 13.2. The molecular formula is C84H136O12. The van der Waals surface area contributed by atoms with Crippen molar-refractivity contribution >= 4 is 0 Å². The normalized spacial score (nSPS) is 15.5. The topological polar surface area (TPSA) is 199 Å². The van der Waals surface area contributed by atoms with Crippen LogP contribution in [0.4, 0.5) is 0 Å². The van der Waals surface area contributed by atoms with Crippen LogP contribution < -0.4 is 0 Å². The maximum Gasteiger partial charge on any atom is 0.128 e. The van der Waals surface area contributed by atoms with Crippen LogP contribution in [0.2, 0.25) is 0 Å². The highest BCUT2D eigenvalue weighted by Gasteiger charge is 2.37. The van der Waals surface area contributed by atoms with E-state index in [0.29, 0.717) is 96.6 Å². The van der Waals surface area contributed by atoms with Crippen LogP contribution in [0.25, 0.3) is 0 Å². The number of ether oxygens (including phenoxy) is 4. The molecule has 544 valence electrons. The molecule has 0 spiro atoms. The fourth-order valence-corrected chi connectivity index (χ4v) is 15.1. The SMILES string of the molecule is CCCCCCCCCCCC1c2cc(c(O)c(COCC)c2O)C(CCCCCCCCCCC)c2cc(c(O)c(COCC)c2O)C(CCCCCCCCCCC)c2cc(c(O)c(COCC)c2O)C(CCCCCCCCCCC)c2cc1c(O)c(COCC)c2O. The van der Waals surface area contributed by atoms with E-state index in [-0.39, 0.29) is 94.7 Å². The van der Waals surface area contributed by atoms with E-state index in [4.69, 9.17) is 18.9 Å². The van der Waals surface area contributed by atoms with Gasteiger partial charge in [-0.2, -0.15) is 0 Å². The van der Waals surface area contributed by atoms with Crippen LogP contribution in [0.15, 0.2) is 24.3 Å². The van der Waals surface area contributed by atoms with E-state index >= 15 is 0 Å². The molecule has 4 aromatic rings. The Morgan fingerprint density at radius 1 is 0.208 bits per heavy atom. The van der Waals surface area contributed by atoms with Crippen LogP contribution in [-0.4, -0.2) is 67.3 Å². The molecule has 0 fully saturated rings. The summed E-state index contributed by atoms with van der Waals surface area (Å²) >= 11 is 0. The molecule has 5 rings (SSSR count). The summed E-state index contributed by atoms with van der Waals surface area (Å²) in [6, 6.07) is 7.63. The third-order valence-electron chi connectivity index (χ3n) is 20.9. The van der Waals surface area contributed by atoms with Crippen molar-refractivity contribution in [2.45, 2.75) is 362 Å².